The number of amides is 2. The van der Waals surface area contributed by atoms with Crippen LogP contribution in [0.1, 0.15) is 25.8 Å². The second-order valence-corrected chi connectivity index (χ2v) is 6.10. The molecule has 0 aromatic heterocycles. The van der Waals surface area contributed by atoms with E-state index in [0.717, 1.165) is 24.3 Å². The highest BCUT2D eigenvalue weighted by Crippen LogP contribution is 2.20. The summed E-state index contributed by atoms with van der Waals surface area (Å²) < 4.78 is 10.7. The third kappa shape index (κ3) is 4.63. The minimum Gasteiger partial charge on any atom is -0.496 e. The molecule has 1 N–H and O–H groups in total. The summed E-state index contributed by atoms with van der Waals surface area (Å²) in [4.78, 5) is 14.4. The number of rotatable bonds is 6. The van der Waals surface area contributed by atoms with Gasteiger partial charge in [0.1, 0.15) is 5.75 Å². The van der Waals surface area contributed by atoms with E-state index in [-0.39, 0.29) is 12.1 Å². The highest BCUT2D eigenvalue weighted by molar-refractivity contribution is 5.74. The first kappa shape index (κ1) is 16.6. The van der Waals surface area contributed by atoms with E-state index in [1.54, 1.807) is 7.11 Å². The molecule has 0 radical (unpaired) electrons. The van der Waals surface area contributed by atoms with E-state index < -0.39 is 0 Å². The zero-order valence-corrected chi connectivity index (χ0v) is 13.7. The van der Waals surface area contributed by atoms with Gasteiger partial charge in [0.25, 0.3) is 0 Å². The first-order valence-corrected chi connectivity index (χ1v) is 7.85. The van der Waals surface area contributed by atoms with Gasteiger partial charge in [0.2, 0.25) is 0 Å². The summed E-state index contributed by atoms with van der Waals surface area (Å²) in [5.41, 5.74) is 1.02. The van der Waals surface area contributed by atoms with Crippen molar-refractivity contribution in [2.75, 3.05) is 26.9 Å². The quantitative estimate of drug-likeness (QED) is 0.879. The Balaban J connectivity index is 2.06. The first-order valence-electron chi connectivity index (χ1n) is 7.85. The smallest absolute Gasteiger partial charge is 0.318 e. The van der Waals surface area contributed by atoms with Crippen LogP contribution in [0.3, 0.4) is 0 Å². The van der Waals surface area contributed by atoms with Crippen molar-refractivity contribution in [3.8, 4) is 5.75 Å². The number of carbonyl (C=O) groups is 1. The largest absolute Gasteiger partial charge is 0.496 e. The molecule has 1 fully saturated rings. The molecular formula is C17H26N2O3. The molecule has 0 bridgehead atoms. The second kappa shape index (κ2) is 8.03. The zero-order chi connectivity index (χ0) is 15.9. The number of para-hydroxylation sites is 1. The Morgan fingerprint density at radius 2 is 2.23 bits per heavy atom. The number of urea groups is 1. The van der Waals surface area contributed by atoms with Crippen molar-refractivity contribution in [1.82, 2.24) is 10.2 Å². The number of hydrogen-bond donors (Lipinski definition) is 1. The number of nitrogens with zero attached hydrogens (tertiary/aromatic N) is 1. The molecule has 2 rings (SSSR count). The van der Waals surface area contributed by atoms with E-state index in [4.69, 9.17) is 9.47 Å². The summed E-state index contributed by atoms with van der Waals surface area (Å²) >= 11 is 0. The van der Waals surface area contributed by atoms with Gasteiger partial charge in [-0.1, -0.05) is 32.0 Å². The maximum absolute atomic E-state index is 12.6. The summed E-state index contributed by atoms with van der Waals surface area (Å²) in [7, 11) is 1.65. The van der Waals surface area contributed by atoms with Gasteiger partial charge in [-0.25, -0.2) is 4.79 Å². The molecule has 5 nitrogen and oxygen atoms in total. The molecule has 1 saturated heterocycles. The molecule has 0 unspecified atom stereocenters. The van der Waals surface area contributed by atoms with Crippen molar-refractivity contribution in [2.45, 2.75) is 32.9 Å². The van der Waals surface area contributed by atoms with Crippen LogP contribution in [-0.4, -0.2) is 43.8 Å². The lowest BCUT2D eigenvalue weighted by Crippen LogP contribution is -2.46. The molecule has 0 spiro atoms. The van der Waals surface area contributed by atoms with Crippen LogP contribution in [0.5, 0.6) is 5.75 Å². The third-order valence-electron chi connectivity index (χ3n) is 3.68. The van der Waals surface area contributed by atoms with Crippen LogP contribution in [0.15, 0.2) is 24.3 Å². The molecule has 122 valence electrons. The van der Waals surface area contributed by atoms with E-state index in [0.29, 0.717) is 25.6 Å². The average molecular weight is 306 g/mol. The van der Waals surface area contributed by atoms with Crippen molar-refractivity contribution in [2.24, 2.45) is 5.92 Å². The summed E-state index contributed by atoms with van der Waals surface area (Å²) in [6, 6.07) is 7.91. The summed E-state index contributed by atoms with van der Waals surface area (Å²) in [5, 5.41) is 3.06. The normalized spacial score (nSPS) is 17.5. The number of nitrogens with one attached hydrogen (secondary N) is 1. The number of benzene rings is 1. The molecule has 1 aliphatic heterocycles. The van der Waals surface area contributed by atoms with E-state index in [1.807, 2.05) is 29.2 Å². The van der Waals surface area contributed by atoms with E-state index in [2.05, 4.69) is 19.2 Å². The Morgan fingerprint density at radius 3 is 2.86 bits per heavy atom. The minimum absolute atomic E-state index is 0.0323. The number of carbonyl (C=O) groups excluding carboxylic acids is 1. The van der Waals surface area contributed by atoms with Crippen molar-refractivity contribution in [3.63, 3.8) is 0 Å². The van der Waals surface area contributed by atoms with E-state index >= 15 is 0 Å². The Hall–Kier alpha value is -1.75. The molecular weight excluding hydrogens is 280 g/mol. The maximum Gasteiger partial charge on any atom is 0.318 e. The van der Waals surface area contributed by atoms with Crippen LogP contribution < -0.4 is 10.1 Å². The fourth-order valence-electron chi connectivity index (χ4n) is 2.61. The lowest BCUT2D eigenvalue weighted by Gasteiger charge is -2.27. The van der Waals surface area contributed by atoms with Gasteiger partial charge >= 0.3 is 6.03 Å². The fraction of sp³-hybridized carbons (Fsp3) is 0.588. The van der Waals surface area contributed by atoms with Crippen LogP contribution in [0, 0.1) is 5.92 Å². The average Bonchev–Trinajstić information content (AvgIpc) is 2.99. The van der Waals surface area contributed by atoms with Crippen molar-refractivity contribution >= 4 is 6.03 Å². The third-order valence-corrected chi connectivity index (χ3v) is 3.68. The first-order chi connectivity index (χ1) is 10.6. The molecule has 1 aliphatic rings. The van der Waals surface area contributed by atoms with E-state index in [1.165, 1.54) is 0 Å². The van der Waals surface area contributed by atoms with Gasteiger partial charge < -0.3 is 19.7 Å². The molecule has 2 amide bonds. The molecule has 0 saturated carbocycles. The monoisotopic (exact) mass is 306 g/mol. The molecule has 5 heteroatoms. The maximum atomic E-state index is 12.6. The molecule has 0 aliphatic carbocycles. The molecule has 1 heterocycles. The summed E-state index contributed by atoms with van der Waals surface area (Å²) in [6.07, 6.45) is 0.885. The van der Waals surface area contributed by atoms with Gasteiger partial charge in [0.15, 0.2) is 0 Å². The second-order valence-electron chi connectivity index (χ2n) is 6.10. The Morgan fingerprint density at radius 1 is 1.45 bits per heavy atom. The predicted octanol–water partition coefficient (Wildman–Crippen LogP) is 2.65. The van der Waals surface area contributed by atoms with Gasteiger partial charge in [-0.05, 0) is 18.4 Å². The number of ether oxygens (including phenoxy) is 2. The van der Waals surface area contributed by atoms with Crippen LogP contribution in [-0.2, 0) is 11.3 Å². The standard InChI is InChI=1S/C17H26N2O3/c1-13(2)10-19(17(20)18-15-8-9-22-12-15)11-14-6-4-5-7-16(14)21-3/h4-7,13,15H,8-12H2,1-3H3,(H,18,20)/t15-/m0/s1. The topological polar surface area (TPSA) is 50.8 Å². The highest BCUT2D eigenvalue weighted by atomic mass is 16.5. The fourth-order valence-corrected chi connectivity index (χ4v) is 2.61. The molecule has 1 aromatic rings. The summed E-state index contributed by atoms with van der Waals surface area (Å²) in [6.45, 7) is 6.80. The molecule has 22 heavy (non-hydrogen) atoms. The Kier molecular flexibility index (Phi) is 6.07. The minimum atomic E-state index is -0.0323. The van der Waals surface area contributed by atoms with Crippen LogP contribution in [0.4, 0.5) is 4.79 Å². The Labute approximate surface area is 132 Å². The van der Waals surface area contributed by atoms with Gasteiger partial charge in [-0.2, -0.15) is 0 Å². The Bertz CT molecular complexity index is 485. The SMILES string of the molecule is COc1ccccc1CN(CC(C)C)C(=O)N[C@H]1CCOC1. The number of methoxy groups -OCH3 is 1. The molecule has 1 atom stereocenters. The van der Waals surface area contributed by atoms with Crippen molar-refractivity contribution < 1.29 is 14.3 Å². The van der Waals surface area contributed by atoms with E-state index in [9.17, 15) is 4.79 Å². The predicted molar refractivity (Wildman–Crippen MR) is 86.0 cm³/mol. The lowest BCUT2D eigenvalue weighted by atomic mass is 10.1. The highest BCUT2D eigenvalue weighted by Gasteiger charge is 2.22. The van der Waals surface area contributed by atoms with Gasteiger partial charge in [-0.3, -0.25) is 0 Å². The zero-order valence-electron chi connectivity index (χ0n) is 13.7. The van der Waals surface area contributed by atoms with Gasteiger partial charge in [0, 0.05) is 18.7 Å². The van der Waals surface area contributed by atoms with Crippen LogP contribution >= 0.6 is 0 Å². The van der Waals surface area contributed by atoms with Gasteiger partial charge in [-0.15, -0.1) is 0 Å². The summed E-state index contributed by atoms with van der Waals surface area (Å²) in [5.74, 6) is 1.22. The van der Waals surface area contributed by atoms with Gasteiger partial charge in [0.05, 0.1) is 26.3 Å². The van der Waals surface area contributed by atoms with Crippen molar-refractivity contribution in [3.05, 3.63) is 29.8 Å². The van der Waals surface area contributed by atoms with Crippen LogP contribution in [0.2, 0.25) is 0 Å². The molecule has 1 aromatic carbocycles. The lowest BCUT2D eigenvalue weighted by molar-refractivity contribution is 0.172. The van der Waals surface area contributed by atoms with Crippen LogP contribution in [0.25, 0.3) is 0 Å². The number of hydrogen-bond acceptors (Lipinski definition) is 3. The van der Waals surface area contributed by atoms with Crippen molar-refractivity contribution in [1.29, 1.82) is 0 Å².